The first kappa shape index (κ1) is 21.2. The molecule has 7 nitrogen and oxygen atoms in total. The van der Waals surface area contributed by atoms with Crippen LogP contribution < -0.4 is 5.32 Å². The molecule has 0 spiro atoms. The Balaban J connectivity index is 1.37. The predicted molar refractivity (Wildman–Crippen MR) is 129 cm³/mol. The van der Waals surface area contributed by atoms with E-state index in [0.717, 1.165) is 46.0 Å². The van der Waals surface area contributed by atoms with E-state index in [-0.39, 0.29) is 5.91 Å². The molecule has 0 radical (unpaired) electrons. The zero-order valence-electron chi connectivity index (χ0n) is 18.4. The van der Waals surface area contributed by atoms with Gasteiger partial charge in [-0.1, -0.05) is 29.8 Å². The second-order valence-corrected chi connectivity index (χ2v) is 8.63. The largest absolute Gasteiger partial charge is 0.334 e. The van der Waals surface area contributed by atoms with Crippen LogP contribution in [0.3, 0.4) is 0 Å². The van der Waals surface area contributed by atoms with E-state index in [2.05, 4.69) is 25.5 Å². The molecule has 4 aromatic rings. The molecule has 0 saturated carbocycles. The zero-order chi connectivity index (χ0) is 22.9. The number of carbonyl (C=O) groups is 1. The third kappa shape index (κ3) is 4.45. The maximum absolute atomic E-state index is 13.4. The van der Waals surface area contributed by atoms with Gasteiger partial charge in [-0.2, -0.15) is 5.10 Å². The standard InChI is InChI=1S/C25H23ClN6O/c1-15-11-16(2)28-25(27-15)29-20-8-4-6-18(13-20)24(33)32-10-9-22-21(14-32)23(31-30-22)17-5-3-7-19(26)12-17/h3-8,11-13H,9-10,14H2,1-2H3,(H,30,31)(H,27,28,29). The van der Waals surface area contributed by atoms with Crippen LogP contribution >= 0.6 is 11.6 Å². The molecule has 5 rings (SSSR count). The van der Waals surface area contributed by atoms with Crippen molar-refractivity contribution in [3.05, 3.63) is 87.8 Å². The third-order valence-electron chi connectivity index (χ3n) is 5.67. The van der Waals surface area contributed by atoms with Crippen molar-refractivity contribution in [3.8, 4) is 11.3 Å². The van der Waals surface area contributed by atoms with Crippen molar-refractivity contribution in [2.75, 3.05) is 11.9 Å². The number of nitrogens with one attached hydrogen (secondary N) is 2. The molecule has 0 atom stereocenters. The number of halogens is 1. The number of fused-ring (bicyclic) bond motifs is 1. The number of aromatic nitrogens is 4. The number of H-pyrrole nitrogens is 1. The Hall–Kier alpha value is -3.71. The highest BCUT2D eigenvalue weighted by Gasteiger charge is 2.26. The van der Waals surface area contributed by atoms with Crippen LogP contribution in [-0.2, 0) is 13.0 Å². The average Bonchev–Trinajstić information content (AvgIpc) is 3.21. The molecule has 0 unspecified atom stereocenters. The smallest absolute Gasteiger partial charge is 0.254 e. The summed E-state index contributed by atoms with van der Waals surface area (Å²) in [6.07, 6.45) is 0.725. The summed E-state index contributed by atoms with van der Waals surface area (Å²) in [6, 6.07) is 17.0. The number of nitrogens with zero attached hydrogens (tertiary/aromatic N) is 4. The first-order valence-corrected chi connectivity index (χ1v) is 11.1. The van der Waals surface area contributed by atoms with E-state index >= 15 is 0 Å². The van der Waals surface area contributed by atoms with Crippen LogP contribution in [0.4, 0.5) is 11.6 Å². The molecule has 0 saturated heterocycles. The lowest BCUT2D eigenvalue weighted by atomic mass is 10.0. The molecule has 8 heteroatoms. The highest BCUT2D eigenvalue weighted by atomic mass is 35.5. The molecule has 1 aliphatic rings. The van der Waals surface area contributed by atoms with Crippen molar-refractivity contribution >= 4 is 29.1 Å². The van der Waals surface area contributed by atoms with E-state index < -0.39 is 0 Å². The van der Waals surface area contributed by atoms with Crippen LogP contribution in [-0.4, -0.2) is 37.5 Å². The quantitative estimate of drug-likeness (QED) is 0.445. The predicted octanol–water partition coefficient (Wildman–Crippen LogP) is 5.08. The molecular formula is C25H23ClN6O. The fourth-order valence-corrected chi connectivity index (χ4v) is 4.36. The van der Waals surface area contributed by atoms with E-state index in [4.69, 9.17) is 11.6 Å². The number of aryl methyl sites for hydroxylation is 2. The van der Waals surface area contributed by atoms with E-state index in [1.165, 1.54) is 0 Å². The normalized spacial score (nSPS) is 13.0. The van der Waals surface area contributed by atoms with Gasteiger partial charge in [0, 0.05) is 64.0 Å². The van der Waals surface area contributed by atoms with Gasteiger partial charge in [0.1, 0.15) is 0 Å². The Bertz CT molecular complexity index is 1330. The fourth-order valence-electron chi connectivity index (χ4n) is 4.17. The Morgan fingerprint density at radius 3 is 2.64 bits per heavy atom. The molecule has 2 N–H and O–H groups in total. The third-order valence-corrected chi connectivity index (χ3v) is 5.90. The monoisotopic (exact) mass is 458 g/mol. The van der Waals surface area contributed by atoms with Gasteiger partial charge in [-0.05, 0) is 50.2 Å². The van der Waals surface area contributed by atoms with Crippen LogP contribution in [0.15, 0.2) is 54.6 Å². The molecule has 3 heterocycles. The van der Waals surface area contributed by atoms with Crippen molar-refractivity contribution in [1.82, 2.24) is 25.1 Å². The summed E-state index contributed by atoms with van der Waals surface area (Å²) >= 11 is 6.18. The Kier molecular flexibility index (Phi) is 5.56. The van der Waals surface area contributed by atoms with Crippen molar-refractivity contribution in [3.63, 3.8) is 0 Å². The zero-order valence-corrected chi connectivity index (χ0v) is 19.1. The molecule has 1 aliphatic heterocycles. The highest BCUT2D eigenvalue weighted by molar-refractivity contribution is 6.30. The minimum atomic E-state index is -0.0242. The molecule has 33 heavy (non-hydrogen) atoms. The number of rotatable bonds is 4. The number of benzene rings is 2. The van der Waals surface area contributed by atoms with Gasteiger partial charge in [-0.15, -0.1) is 0 Å². The average molecular weight is 459 g/mol. The van der Waals surface area contributed by atoms with E-state index in [0.29, 0.717) is 29.6 Å². The summed E-state index contributed by atoms with van der Waals surface area (Å²) in [5, 5.41) is 11.5. The number of hydrogen-bond donors (Lipinski definition) is 2. The molecular weight excluding hydrogens is 436 g/mol. The van der Waals surface area contributed by atoms with Crippen molar-refractivity contribution in [2.24, 2.45) is 0 Å². The van der Waals surface area contributed by atoms with Crippen LogP contribution in [0.1, 0.15) is 33.0 Å². The van der Waals surface area contributed by atoms with Crippen LogP contribution in [0.5, 0.6) is 0 Å². The van der Waals surface area contributed by atoms with Gasteiger partial charge < -0.3 is 10.2 Å². The number of carbonyl (C=O) groups excluding carboxylic acids is 1. The maximum Gasteiger partial charge on any atom is 0.254 e. The Labute approximate surface area is 196 Å². The number of hydrogen-bond acceptors (Lipinski definition) is 5. The van der Waals surface area contributed by atoms with Gasteiger partial charge in [-0.25, -0.2) is 9.97 Å². The first-order chi connectivity index (χ1) is 16.0. The molecule has 2 aromatic carbocycles. The van der Waals surface area contributed by atoms with Gasteiger partial charge in [0.05, 0.1) is 5.69 Å². The van der Waals surface area contributed by atoms with Crippen LogP contribution in [0.25, 0.3) is 11.3 Å². The Morgan fingerprint density at radius 1 is 1.06 bits per heavy atom. The summed E-state index contributed by atoms with van der Waals surface area (Å²) < 4.78 is 0. The van der Waals surface area contributed by atoms with E-state index in [1.807, 2.05) is 73.3 Å². The molecule has 0 bridgehead atoms. The lowest BCUT2D eigenvalue weighted by Gasteiger charge is -2.27. The van der Waals surface area contributed by atoms with Gasteiger partial charge in [0.15, 0.2) is 0 Å². The summed E-state index contributed by atoms with van der Waals surface area (Å²) in [7, 11) is 0. The lowest BCUT2D eigenvalue weighted by molar-refractivity contribution is 0.0734. The highest BCUT2D eigenvalue weighted by Crippen LogP contribution is 2.30. The summed E-state index contributed by atoms with van der Waals surface area (Å²) in [6.45, 7) is 4.97. The van der Waals surface area contributed by atoms with Gasteiger partial charge in [-0.3, -0.25) is 9.89 Å². The fraction of sp³-hybridized carbons (Fsp3) is 0.200. The Morgan fingerprint density at radius 2 is 1.85 bits per heavy atom. The number of aromatic amines is 1. The second-order valence-electron chi connectivity index (χ2n) is 8.20. The van der Waals surface area contributed by atoms with E-state index in [9.17, 15) is 4.79 Å². The molecule has 166 valence electrons. The van der Waals surface area contributed by atoms with E-state index in [1.54, 1.807) is 0 Å². The SMILES string of the molecule is Cc1cc(C)nc(Nc2cccc(C(=O)N3CCc4[nH]nc(-c5cccc(Cl)c5)c4C3)c2)n1. The van der Waals surface area contributed by atoms with Crippen molar-refractivity contribution in [2.45, 2.75) is 26.8 Å². The first-order valence-electron chi connectivity index (χ1n) is 10.8. The minimum Gasteiger partial charge on any atom is -0.334 e. The molecule has 2 aromatic heterocycles. The molecule has 0 fully saturated rings. The van der Waals surface area contributed by atoms with Crippen molar-refractivity contribution < 1.29 is 4.79 Å². The number of anilines is 2. The second kappa shape index (κ2) is 8.67. The molecule has 1 amide bonds. The van der Waals surface area contributed by atoms with Crippen molar-refractivity contribution in [1.29, 1.82) is 0 Å². The van der Waals surface area contributed by atoms with Gasteiger partial charge in [0.2, 0.25) is 5.95 Å². The van der Waals surface area contributed by atoms with Crippen LogP contribution in [0.2, 0.25) is 5.02 Å². The maximum atomic E-state index is 13.4. The number of amides is 1. The van der Waals surface area contributed by atoms with Gasteiger partial charge >= 0.3 is 0 Å². The molecule has 0 aliphatic carbocycles. The lowest BCUT2D eigenvalue weighted by Crippen LogP contribution is -2.35. The summed E-state index contributed by atoms with van der Waals surface area (Å²) in [4.78, 5) is 24.1. The summed E-state index contributed by atoms with van der Waals surface area (Å²) in [5.41, 5.74) is 7.04. The van der Waals surface area contributed by atoms with Crippen LogP contribution in [0, 0.1) is 13.8 Å². The minimum absolute atomic E-state index is 0.0242. The van der Waals surface area contributed by atoms with Gasteiger partial charge in [0.25, 0.3) is 5.91 Å². The summed E-state index contributed by atoms with van der Waals surface area (Å²) in [5.74, 6) is 0.494. The topological polar surface area (TPSA) is 86.8 Å².